The molecule has 0 heterocycles. The standard InChI is InChI=1S/C36H36N2O7/c1-7-37-33-18-12-15(2)23(16(3)39)32-30-24(18)29-26(34(33)41)20(40)14-22(44-5)28(29)27-21(43-4)13-19(38-17-10-8-9-11-17)25(31(27)30)35(42)36(32)45-6/h12-14,17,23,37-38,40H,7-11H2,1-6H3. The molecule has 1 fully saturated rings. The molecule has 0 bridgehead atoms. The third-order valence-corrected chi connectivity index (χ3v) is 9.74. The van der Waals surface area contributed by atoms with Gasteiger partial charge in [-0.1, -0.05) is 24.5 Å². The fraction of sp³-hybridized carbons (Fsp3) is 0.361. The molecule has 9 heteroatoms. The Hall–Kier alpha value is -4.79. The lowest BCUT2D eigenvalue weighted by atomic mass is 9.80. The largest absolute Gasteiger partial charge is 0.507 e. The van der Waals surface area contributed by atoms with E-state index < -0.39 is 5.92 Å². The molecule has 0 aromatic heterocycles. The van der Waals surface area contributed by atoms with Crippen LogP contribution in [0.5, 0.6) is 23.0 Å². The van der Waals surface area contributed by atoms with Crippen molar-refractivity contribution in [2.45, 2.75) is 58.4 Å². The van der Waals surface area contributed by atoms with Gasteiger partial charge in [0.15, 0.2) is 5.75 Å². The lowest BCUT2D eigenvalue weighted by molar-refractivity contribution is -0.117. The van der Waals surface area contributed by atoms with Crippen LogP contribution in [0.15, 0.2) is 27.3 Å². The minimum atomic E-state index is -0.815. The Bertz CT molecular complexity index is 2220. The van der Waals surface area contributed by atoms with E-state index >= 15 is 0 Å². The van der Waals surface area contributed by atoms with Crippen LogP contribution >= 0.6 is 0 Å². The Labute approximate surface area is 259 Å². The zero-order chi connectivity index (χ0) is 31.9. The van der Waals surface area contributed by atoms with Gasteiger partial charge in [-0.25, -0.2) is 0 Å². The van der Waals surface area contributed by atoms with Crippen molar-refractivity contribution in [1.82, 2.24) is 0 Å². The monoisotopic (exact) mass is 608 g/mol. The molecule has 0 saturated heterocycles. The first-order valence-corrected chi connectivity index (χ1v) is 15.4. The SMILES string of the molecule is CCNc1c2c3c4c(c(OC)c(=O)c5c(NC6CCCC6)cc(OC)c(c6c(OC)cc(O)c(c1=O)c63)c54)C(C(C)=O)C(C)=C2. The normalized spacial score (nSPS) is 16.6. The number of phenolic OH excluding ortho intramolecular Hbond substituents is 1. The summed E-state index contributed by atoms with van der Waals surface area (Å²) in [6.45, 7) is 5.69. The zero-order valence-electron chi connectivity index (χ0n) is 26.3. The maximum Gasteiger partial charge on any atom is 0.230 e. The molecule has 0 spiro atoms. The van der Waals surface area contributed by atoms with Gasteiger partial charge in [0.1, 0.15) is 23.0 Å². The molecule has 9 nitrogen and oxygen atoms in total. The number of hydrogen-bond donors (Lipinski definition) is 3. The van der Waals surface area contributed by atoms with E-state index in [1.165, 1.54) is 27.2 Å². The van der Waals surface area contributed by atoms with Gasteiger partial charge in [0.25, 0.3) is 0 Å². The molecule has 0 amide bonds. The van der Waals surface area contributed by atoms with Crippen LogP contribution in [-0.4, -0.2) is 44.8 Å². The lowest BCUT2D eigenvalue weighted by Crippen LogP contribution is -2.20. The van der Waals surface area contributed by atoms with Crippen LogP contribution in [-0.2, 0) is 4.79 Å². The summed E-state index contributed by atoms with van der Waals surface area (Å²) in [5.41, 5.74) is 1.95. The number of ether oxygens (including phenoxy) is 3. The van der Waals surface area contributed by atoms with Crippen molar-refractivity contribution >= 4 is 66.3 Å². The van der Waals surface area contributed by atoms with Gasteiger partial charge >= 0.3 is 0 Å². The third-order valence-electron chi connectivity index (χ3n) is 9.74. The minimum absolute atomic E-state index is 0.0869. The molecule has 0 radical (unpaired) electrons. The van der Waals surface area contributed by atoms with Gasteiger partial charge in [-0.05, 0) is 39.0 Å². The molecule has 2 aliphatic carbocycles. The average molecular weight is 609 g/mol. The number of rotatable bonds is 8. The van der Waals surface area contributed by atoms with Crippen molar-refractivity contribution in [3.8, 4) is 23.0 Å². The van der Waals surface area contributed by atoms with E-state index in [4.69, 9.17) is 14.2 Å². The number of hydrogen-bond acceptors (Lipinski definition) is 9. The number of phenols is 1. The van der Waals surface area contributed by atoms with Crippen molar-refractivity contribution in [2.75, 3.05) is 38.5 Å². The number of nitrogens with one attached hydrogen (secondary N) is 2. The molecule has 5 aromatic rings. The van der Waals surface area contributed by atoms with Crippen LogP contribution in [0.2, 0.25) is 0 Å². The summed E-state index contributed by atoms with van der Waals surface area (Å²) >= 11 is 0. The van der Waals surface area contributed by atoms with Crippen molar-refractivity contribution in [3.63, 3.8) is 0 Å². The first-order valence-electron chi connectivity index (χ1n) is 15.4. The highest BCUT2D eigenvalue weighted by Crippen LogP contribution is 2.56. The van der Waals surface area contributed by atoms with Crippen LogP contribution < -0.4 is 35.7 Å². The van der Waals surface area contributed by atoms with Gasteiger partial charge in [-0.3, -0.25) is 14.4 Å². The van der Waals surface area contributed by atoms with Crippen molar-refractivity contribution in [2.24, 2.45) is 0 Å². The fourth-order valence-corrected chi connectivity index (χ4v) is 8.04. The molecule has 232 valence electrons. The van der Waals surface area contributed by atoms with Crippen molar-refractivity contribution in [1.29, 1.82) is 0 Å². The Morgan fingerprint density at radius 2 is 1.51 bits per heavy atom. The number of methoxy groups -OCH3 is 3. The Balaban J connectivity index is 1.91. The summed E-state index contributed by atoms with van der Waals surface area (Å²) in [5.74, 6) is -0.311. The first kappa shape index (κ1) is 29.0. The Morgan fingerprint density at radius 3 is 2.11 bits per heavy atom. The molecule has 7 rings (SSSR count). The van der Waals surface area contributed by atoms with E-state index in [1.807, 2.05) is 26.0 Å². The maximum absolute atomic E-state index is 14.7. The average Bonchev–Trinajstić information content (AvgIpc) is 3.48. The molecular formula is C36H36N2O7. The number of benzene rings is 5. The second-order valence-corrected chi connectivity index (χ2v) is 12.2. The number of fused-ring (bicyclic) bond motifs is 1. The number of ketones is 1. The number of anilines is 2. The fourth-order valence-electron chi connectivity index (χ4n) is 8.04. The molecule has 5 aromatic carbocycles. The predicted molar refractivity (Wildman–Crippen MR) is 180 cm³/mol. The van der Waals surface area contributed by atoms with Gasteiger partial charge < -0.3 is 30.0 Å². The molecule has 0 aliphatic heterocycles. The van der Waals surface area contributed by atoms with E-state index in [2.05, 4.69) is 10.6 Å². The van der Waals surface area contributed by atoms with Crippen molar-refractivity contribution in [3.05, 3.63) is 49.3 Å². The van der Waals surface area contributed by atoms with E-state index in [9.17, 15) is 19.5 Å². The van der Waals surface area contributed by atoms with Gasteiger partial charge in [0.2, 0.25) is 10.9 Å². The quantitative estimate of drug-likeness (QED) is 0.134. The summed E-state index contributed by atoms with van der Waals surface area (Å²) in [7, 11) is 4.53. The second kappa shape index (κ2) is 10.4. The minimum Gasteiger partial charge on any atom is -0.507 e. The van der Waals surface area contributed by atoms with E-state index in [0.717, 1.165) is 25.7 Å². The topological polar surface area (TPSA) is 123 Å². The maximum atomic E-state index is 14.7. The first-order chi connectivity index (χ1) is 21.7. The van der Waals surface area contributed by atoms with E-state index in [1.54, 1.807) is 7.11 Å². The summed E-state index contributed by atoms with van der Waals surface area (Å²) < 4.78 is 17.9. The highest BCUT2D eigenvalue weighted by molar-refractivity contribution is 6.40. The molecule has 1 saturated carbocycles. The second-order valence-electron chi connectivity index (χ2n) is 12.2. The number of allylic oxidation sites excluding steroid dienone is 1. The third kappa shape index (κ3) is 3.82. The summed E-state index contributed by atoms with van der Waals surface area (Å²) in [4.78, 5) is 42.5. The van der Waals surface area contributed by atoms with Crippen LogP contribution in [0.1, 0.15) is 63.5 Å². The zero-order valence-corrected chi connectivity index (χ0v) is 26.3. The van der Waals surface area contributed by atoms with Gasteiger partial charge in [-0.15, -0.1) is 0 Å². The summed E-state index contributed by atoms with van der Waals surface area (Å²) in [6, 6.07) is 3.47. The highest BCUT2D eigenvalue weighted by atomic mass is 16.5. The highest BCUT2D eigenvalue weighted by Gasteiger charge is 2.37. The van der Waals surface area contributed by atoms with Crippen LogP contribution in [0.3, 0.4) is 0 Å². The van der Waals surface area contributed by atoms with E-state index in [-0.39, 0.29) is 39.6 Å². The smallest absolute Gasteiger partial charge is 0.230 e. The molecule has 45 heavy (non-hydrogen) atoms. The number of aromatic hydroxyl groups is 1. The molecule has 1 unspecified atom stereocenters. The van der Waals surface area contributed by atoms with E-state index in [0.29, 0.717) is 83.8 Å². The van der Waals surface area contributed by atoms with Crippen molar-refractivity contribution < 1.29 is 24.1 Å². The van der Waals surface area contributed by atoms with Crippen LogP contribution in [0.4, 0.5) is 11.4 Å². The van der Waals surface area contributed by atoms with Gasteiger partial charge in [0, 0.05) is 62.8 Å². The lowest BCUT2D eigenvalue weighted by Gasteiger charge is -2.26. The van der Waals surface area contributed by atoms with Gasteiger partial charge in [-0.2, -0.15) is 0 Å². The molecular weight excluding hydrogens is 572 g/mol. The van der Waals surface area contributed by atoms with Crippen LogP contribution in [0.25, 0.3) is 49.2 Å². The number of carbonyl (C=O) groups is 1. The number of Topliss-reactive ketones (excluding diaryl/α,β-unsaturated/α-hetero) is 1. The predicted octanol–water partition coefficient (Wildman–Crippen LogP) is 6.50. The van der Waals surface area contributed by atoms with Crippen LogP contribution in [0, 0.1) is 0 Å². The Kier molecular flexibility index (Phi) is 6.69. The summed E-state index contributed by atoms with van der Waals surface area (Å²) in [5, 5.41) is 22.3. The number of carbonyl (C=O) groups excluding carboxylic acids is 1. The van der Waals surface area contributed by atoms with Gasteiger partial charge in [0.05, 0.1) is 49.4 Å². The Morgan fingerprint density at radius 1 is 0.867 bits per heavy atom. The molecule has 3 N–H and O–H groups in total. The molecule has 1 atom stereocenters. The summed E-state index contributed by atoms with van der Waals surface area (Å²) in [6.07, 6.45) is 6.02. The molecule has 2 aliphatic rings.